The van der Waals surface area contributed by atoms with E-state index >= 15 is 0 Å². The topological polar surface area (TPSA) is 79.8 Å². The zero-order chi connectivity index (χ0) is 14.0. The number of aromatic nitrogens is 1. The molecule has 0 radical (unpaired) electrons. The largest absolute Gasteiger partial charge is 0.306 e. The minimum absolute atomic E-state index is 0.228. The van der Waals surface area contributed by atoms with Gasteiger partial charge in [-0.2, -0.15) is 5.26 Å². The van der Waals surface area contributed by atoms with Crippen molar-refractivity contribution in [2.24, 2.45) is 0 Å². The molecule has 7 heteroatoms. The Morgan fingerprint density at radius 2 is 1.95 bits per heavy atom. The third-order valence-corrected chi connectivity index (χ3v) is 3.16. The number of rotatable bonds is 2. The molecule has 94 valence electrons. The Labute approximate surface area is 118 Å². The highest BCUT2D eigenvalue weighted by molar-refractivity contribution is 6.42. The Balaban J connectivity index is 2.57. The van der Waals surface area contributed by atoms with Gasteiger partial charge in [-0.05, 0) is 17.7 Å². The van der Waals surface area contributed by atoms with E-state index in [1.165, 1.54) is 12.3 Å². The molecular formula is C12H5Cl2N3O2. The molecule has 0 spiro atoms. The molecule has 0 aliphatic carbocycles. The van der Waals surface area contributed by atoms with Crippen LogP contribution >= 0.6 is 23.2 Å². The standard InChI is InChI=1S/C12H5Cl2N3O2/c13-9-2-1-7(3-10(9)14)8-4-12(17(18)19)11(5-15)16-6-8/h1-4,6H. The quantitative estimate of drug-likeness (QED) is 0.622. The van der Waals surface area contributed by atoms with Gasteiger partial charge in [0.25, 0.3) is 0 Å². The van der Waals surface area contributed by atoms with E-state index in [4.69, 9.17) is 28.5 Å². The SMILES string of the molecule is N#Cc1ncc(-c2ccc(Cl)c(Cl)c2)cc1[N+](=O)[O-]. The van der Waals surface area contributed by atoms with Gasteiger partial charge < -0.3 is 0 Å². The van der Waals surface area contributed by atoms with Crippen molar-refractivity contribution >= 4 is 28.9 Å². The Hall–Kier alpha value is -2.16. The van der Waals surface area contributed by atoms with Gasteiger partial charge in [-0.25, -0.2) is 4.98 Å². The normalized spacial score (nSPS) is 9.95. The zero-order valence-electron chi connectivity index (χ0n) is 9.30. The highest BCUT2D eigenvalue weighted by Crippen LogP contribution is 2.30. The maximum absolute atomic E-state index is 10.9. The highest BCUT2D eigenvalue weighted by Gasteiger charge is 2.16. The molecule has 0 saturated heterocycles. The molecule has 0 aliphatic heterocycles. The van der Waals surface area contributed by atoms with Crippen molar-refractivity contribution in [1.29, 1.82) is 5.26 Å². The first-order chi connectivity index (χ1) is 9.02. The van der Waals surface area contributed by atoms with Crippen LogP contribution in [0.4, 0.5) is 5.69 Å². The summed E-state index contributed by atoms with van der Waals surface area (Å²) in [7, 11) is 0. The molecule has 0 bridgehead atoms. The summed E-state index contributed by atoms with van der Waals surface area (Å²) in [5.41, 5.74) is 0.554. The van der Waals surface area contributed by atoms with Crippen LogP contribution in [0.25, 0.3) is 11.1 Å². The third kappa shape index (κ3) is 2.65. The lowest BCUT2D eigenvalue weighted by atomic mass is 10.1. The maximum Gasteiger partial charge on any atom is 0.306 e. The number of benzene rings is 1. The lowest BCUT2D eigenvalue weighted by molar-refractivity contribution is -0.385. The van der Waals surface area contributed by atoms with Crippen molar-refractivity contribution in [3.05, 3.63) is 56.3 Å². The molecule has 2 rings (SSSR count). The van der Waals surface area contributed by atoms with Crippen LogP contribution < -0.4 is 0 Å². The summed E-state index contributed by atoms with van der Waals surface area (Å²) < 4.78 is 0. The minimum atomic E-state index is -0.646. The monoisotopic (exact) mass is 293 g/mol. The van der Waals surface area contributed by atoms with Gasteiger partial charge in [-0.1, -0.05) is 29.3 Å². The van der Waals surface area contributed by atoms with Crippen molar-refractivity contribution in [3.8, 4) is 17.2 Å². The van der Waals surface area contributed by atoms with E-state index in [2.05, 4.69) is 4.98 Å². The van der Waals surface area contributed by atoms with Crippen LogP contribution in [0.5, 0.6) is 0 Å². The van der Waals surface area contributed by atoms with Gasteiger partial charge in [0.05, 0.1) is 15.0 Å². The lowest BCUT2D eigenvalue weighted by Crippen LogP contribution is -1.95. The van der Waals surface area contributed by atoms with Crippen LogP contribution in [0.15, 0.2) is 30.5 Å². The second-order valence-electron chi connectivity index (χ2n) is 3.59. The molecule has 0 N–H and O–H groups in total. The number of halogens is 2. The van der Waals surface area contributed by atoms with Crippen molar-refractivity contribution < 1.29 is 4.92 Å². The van der Waals surface area contributed by atoms with Gasteiger partial charge in [-0.3, -0.25) is 10.1 Å². The first-order valence-corrected chi connectivity index (χ1v) is 5.78. The molecule has 1 heterocycles. The Morgan fingerprint density at radius 3 is 2.53 bits per heavy atom. The average Bonchev–Trinajstić information content (AvgIpc) is 2.41. The number of nitro groups is 1. The molecule has 0 aliphatic rings. The number of hydrogen-bond donors (Lipinski definition) is 0. The molecule has 0 amide bonds. The summed E-state index contributed by atoms with van der Waals surface area (Å²) in [6, 6.07) is 7.79. The van der Waals surface area contributed by atoms with Crippen molar-refractivity contribution in [2.45, 2.75) is 0 Å². The van der Waals surface area contributed by atoms with Crippen molar-refractivity contribution in [3.63, 3.8) is 0 Å². The average molecular weight is 294 g/mol. The van der Waals surface area contributed by atoms with Crippen LogP contribution in [-0.4, -0.2) is 9.91 Å². The fourth-order valence-electron chi connectivity index (χ4n) is 1.51. The van der Waals surface area contributed by atoms with Crippen molar-refractivity contribution in [1.82, 2.24) is 4.98 Å². The first kappa shape index (κ1) is 13.3. The smallest absolute Gasteiger partial charge is 0.258 e. The number of nitriles is 1. The van der Waals surface area contributed by atoms with E-state index in [1.54, 1.807) is 24.3 Å². The molecule has 1 aromatic heterocycles. The van der Waals surface area contributed by atoms with E-state index in [9.17, 15) is 10.1 Å². The summed E-state index contributed by atoms with van der Waals surface area (Å²) in [5.74, 6) is 0. The number of pyridine rings is 1. The Kier molecular flexibility index (Phi) is 3.65. The van der Waals surface area contributed by atoms with Crippen LogP contribution in [0.1, 0.15) is 5.69 Å². The van der Waals surface area contributed by atoms with Crippen LogP contribution in [-0.2, 0) is 0 Å². The van der Waals surface area contributed by atoms with E-state index in [0.717, 1.165) is 0 Å². The molecule has 0 unspecified atom stereocenters. The fraction of sp³-hybridized carbons (Fsp3) is 0. The molecule has 2 aromatic rings. The summed E-state index contributed by atoms with van der Waals surface area (Å²) >= 11 is 11.7. The van der Waals surface area contributed by atoms with Gasteiger partial charge in [0, 0.05) is 17.8 Å². The van der Waals surface area contributed by atoms with Gasteiger partial charge in [-0.15, -0.1) is 0 Å². The van der Waals surface area contributed by atoms with Crippen LogP contribution in [0.3, 0.4) is 0 Å². The Morgan fingerprint density at radius 1 is 1.21 bits per heavy atom. The van der Waals surface area contributed by atoms with Gasteiger partial charge in [0.15, 0.2) is 0 Å². The fourth-order valence-corrected chi connectivity index (χ4v) is 1.81. The van der Waals surface area contributed by atoms with Crippen molar-refractivity contribution in [2.75, 3.05) is 0 Å². The first-order valence-electron chi connectivity index (χ1n) is 5.03. The van der Waals surface area contributed by atoms with Gasteiger partial charge in [0.2, 0.25) is 5.69 Å². The predicted octanol–water partition coefficient (Wildman–Crippen LogP) is 3.84. The second kappa shape index (κ2) is 5.22. The van der Waals surface area contributed by atoms with E-state index in [-0.39, 0.29) is 11.4 Å². The summed E-state index contributed by atoms with van der Waals surface area (Å²) in [5, 5.41) is 20.3. The van der Waals surface area contributed by atoms with Crippen LogP contribution in [0.2, 0.25) is 10.0 Å². The molecule has 0 atom stereocenters. The summed E-state index contributed by atoms with van der Waals surface area (Å²) in [6.45, 7) is 0. The predicted molar refractivity (Wildman–Crippen MR) is 71.1 cm³/mol. The zero-order valence-corrected chi connectivity index (χ0v) is 10.8. The molecular weight excluding hydrogens is 289 g/mol. The molecule has 1 aromatic carbocycles. The van der Waals surface area contributed by atoms with E-state index in [0.29, 0.717) is 21.2 Å². The number of hydrogen-bond acceptors (Lipinski definition) is 4. The Bertz CT molecular complexity index is 711. The van der Waals surface area contributed by atoms with Gasteiger partial charge in [0.1, 0.15) is 6.07 Å². The van der Waals surface area contributed by atoms with E-state index in [1.807, 2.05) is 0 Å². The molecule has 5 nitrogen and oxygen atoms in total. The highest BCUT2D eigenvalue weighted by atomic mass is 35.5. The van der Waals surface area contributed by atoms with Gasteiger partial charge >= 0.3 is 5.69 Å². The second-order valence-corrected chi connectivity index (χ2v) is 4.40. The lowest BCUT2D eigenvalue weighted by Gasteiger charge is -2.03. The van der Waals surface area contributed by atoms with Crippen LogP contribution in [0, 0.1) is 21.4 Å². The molecule has 19 heavy (non-hydrogen) atoms. The number of nitrogens with zero attached hydrogens (tertiary/aromatic N) is 3. The molecule has 0 fully saturated rings. The summed E-state index contributed by atoms with van der Waals surface area (Å²) in [6.07, 6.45) is 1.38. The van der Waals surface area contributed by atoms with E-state index < -0.39 is 4.92 Å². The maximum atomic E-state index is 10.9. The summed E-state index contributed by atoms with van der Waals surface area (Å²) in [4.78, 5) is 14.0. The third-order valence-electron chi connectivity index (χ3n) is 2.42. The molecule has 0 saturated carbocycles. The minimum Gasteiger partial charge on any atom is -0.258 e.